The minimum atomic E-state index is 0. The van der Waals surface area contributed by atoms with Gasteiger partial charge in [0.05, 0.1) is 194 Å². The monoisotopic (exact) mass is 2170 g/mol. The van der Waals surface area contributed by atoms with Gasteiger partial charge in [-0.25, -0.2) is 0 Å². The molecule has 0 aromatic heterocycles. The molecule has 0 aromatic rings. The van der Waals surface area contributed by atoms with E-state index in [1.54, 1.807) is 0 Å². The molecule has 0 aliphatic rings. The minimum Gasteiger partial charge on any atom is -0.331 e. The molecule has 0 aliphatic heterocycles. The molecule has 0 amide bonds. The van der Waals surface area contributed by atoms with Crippen LogP contribution in [0.2, 0.25) is 0 Å². The molecule has 0 N–H and O–H groups in total. The van der Waals surface area contributed by atoms with Gasteiger partial charge in [0, 0.05) is 0 Å². The molecule has 145 heavy (non-hydrogen) atoms. The summed E-state index contributed by atoms with van der Waals surface area (Å²) in [6.07, 6.45) is 143. The van der Waals surface area contributed by atoms with Crippen molar-refractivity contribution < 1.29 is 31.4 Å². The van der Waals surface area contributed by atoms with Crippen molar-refractivity contribution in [3.05, 3.63) is 0 Å². The molecule has 0 rings (SSSR count). The molecule has 0 saturated heterocycles. The lowest BCUT2D eigenvalue weighted by molar-refractivity contribution is -0.870. The lowest BCUT2D eigenvalue weighted by atomic mass is 10.0. The summed E-state index contributed by atoms with van der Waals surface area (Å²) in [5, 5.41) is 0. The van der Waals surface area contributed by atoms with Gasteiger partial charge in [0.2, 0.25) is 0 Å². The van der Waals surface area contributed by atoms with Crippen molar-refractivity contribution in [2.75, 3.05) is 194 Å². The first-order chi connectivity index (χ1) is 66.9. The molecule has 7 nitrogen and oxygen atoms in total. The molecular weight excluding hydrogens is 1870 g/mol. The third-order valence-corrected chi connectivity index (χ3v) is 29.3. The molecule has 0 fully saturated rings. The molecule has 0 aliphatic carbocycles. The fourth-order valence-corrected chi connectivity index (χ4v) is 19.5. The molecule has 0 saturated carbocycles. The van der Waals surface area contributed by atoms with Crippen LogP contribution in [0.1, 0.15) is 678 Å². The summed E-state index contributed by atoms with van der Waals surface area (Å²) in [5.41, 5.74) is 0. The van der Waals surface area contributed by atoms with Crippen molar-refractivity contribution in [3.8, 4) is 0 Å². The lowest BCUT2D eigenvalue weighted by Gasteiger charge is -2.23. The normalized spacial score (nSPS) is 11.6. The molecule has 894 valence electrons. The fourth-order valence-electron chi connectivity index (χ4n) is 19.5. The van der Waals surface area contributed by atoms with Gasteiger partial charge in [-0.05, 0) is 89.9 Å². The zero-order valence-electron chi connectivity index (χ0n) is 107. The molecule has 0 heterocycles. The highest BCUT2D eigenvalue weighted by Gasteiger charge is 2.13. The summed E-state index contributed by atoms with van der Waals surface area (Å²) in [6.45, 7) is 25.4. The predicted octanol–water partition coefficient (Wildman–Crippen LogP) is 45.3. The van der Waals surface area contributed by atoms with Gasteiger partial charge in [-0.1, -0.05) is 588 Å². The van der Waals surface area contributed by atoms with Gasteiger partial charge in [0.1, 0.15) is 0 Å². The van der Waals surface area contributed by atoms with Gasteiger partial charge < -0.3 is 31.4 Å². The van der Waals surface area contributed by atoms with Gasteiger partial charge >= 0.3 is 0 Å². The van der Waals surface area contributed by atoms with Crippen LogP contribution in [0.15, 0.2) is 0 Å². The highest BCUT2D eigenvalue weighted by Crippen LogP contribution is 2.23. The molecule has 0 radical (unpaired) electrons. The van der Waals surface area contributed by atoms with Gasteiger partial charge in [-0.2, -0.15) is 0 Å². The van der Waals surface area contributed by atoms with E-state index in [9.17, 15) is 0 Å². The number of hydrogen-bond acceptors (Lipinski definition) is 0. The van der Waals surface area contributed by atoms with E-state index in [0.717, 1.165) is 31.4 Å². The average Bonchev–Trinajstić information content (AvgIpc) is 1.02. The van der Waals surface area contributed by atoms with Crippen molar-refractivity contribution in [3.63, 3.8) is 0 Å². The quantitative estimate of drug-likeness (QED) is 0.0421. The topological polar surface area (TPSA) is 0 Å². The molecule has 0 atom stereocenters. The SMILES string of the molecule is CCCCCCCCCCCCCCCC[N+](C)(C)C.CCCCCCCCCCCCCCCC[N+](C)(C)C.CCCCCCCCCCCCCCCC[N+](C)(C)C.CCCCCCCCCCCCCCCC[N+](C)(C)C.CCCCCCCCCCCCCCCC[N+](C)(C)C.CCCCCCCCCCCCCCCC[N+](C)(C)C.CCCCCCCCCCCCCCCC[N+](C)(C)C.Cl.Cl.Cl.Cl.Cl. The third kappa shape index (κ3) is 206. The van der Waals surface area contributed by atoms with Crippen LogP contribution in [0, 0.1) is 0 Å². The fraction of sp³-hybridized carbons (Fsp3) is 1.00. The Kier molecular flexibility index (Phi) is 162. The molecule has 0 unspecified atom stereocenters. The first kappa shape index (κ1) is 171. The Hall–Kier alpha value is 1.17. The van der Waals surface area contributed by atoms with E-state index in [1.807, 2.05) is 0 Å². The van der Waals surface area contributed by atoms with E-state index in [4.69, 9.17) is 0 Å². The van der Waals surface area contributed by atoms with Crippen molar-refractivity contribution in [1.29, 1.82) is 0 Å². The zero-order valence-corrected chi connectivity index (χ0v) is 112. The van der Waals surface area contributed by atoms with E-state index >= 15 is 0 Å². The maximum Gasteiger partial charge on any atom is 0.0780 e. The molecular formula is C133H299Cl5N7+7. The van der Waals surface area contributed by atoms with Gasteiger partial charge in [-0.3, -0.25) is 0 Å². The standard InChI is InChI=1S/7C19H42N.5ClH/c7*1-5-6-7-8-9-10-11-12-13-14-15-16-17-18-19-20(2,3)4;;;;;/h7*5-19H2,1-4H3;5*1H/q7*+1;;;;;. The number of rotatable bonds is 105. The number of nitrogens with zero attached hydrogens (tertiary/aromatic N) is 7. The maximum atomic E-state index is 2.29. The number of halogens is 5. The van der Waals surface area contributed by atoms with Crippen LogP contribution in [0.4, 0.5) is 0 Å². The minimum absolute atomic E-state index is 0. The van der Waals surface area contributed by atoms with Crippen molar-refractivity contribution in [2.45, 2.75) is 678 Å². The van der Waals surface area contributed by atoms with Crippen LogP contribution in [-0.2, 0) is 0 Å². The molecule has 0 aromatic carbocycles. The number of quaternary nitrogens is 7. The highest BCUT2D eigenvalue weighted by atomic mass is 35.5. The van der Waals surface area contributed by atoms with E-state index in [2.05, 4.69) is 196 Å². The third-order valence-electron chi connectivity index (χ3n) is 29.3. The zero-order chi connectivity index (χ0) is 106. The van der Waals surface area contributed by atoms with Crippen LogP contribution in [0.3, 0.4) is 0 Å². The van der Waals surface area contributed by atoms with E-state index in [0.29, 0.717) is 0 Å². The van der Waals surface area contributed by atoms with Crippen LogP contribution in [0.5, 0.6) is 0 Å². The van der Waals surface area contributed by atoms with Gasteiger partial charge in [0.15, 0.2) is 0 Å². The van der Waals surface area contributed by atoms with Gasteiger partial charge in [0.25, 0.3) is 0 Å². The van der Waals surface area contributed by atoms with Crippen molar-refractivity contribution in [1.82, 2.24) is 0 Å². The van der Waals surface area contributed by atoms with Crippen LogP contribution < -0.4 is 0 Å². The van der Waals surface area contributed by atoms with E-state index in [1.165, 1.54) is 675 Å². The Morgan fingerprint density at radius 1 is 0.0690 bits per heavy atom. The Morgan fingerprint density at radius 3 is 0.152 bits per heavy atom. The molecule has 0 spiro atoms. The smallest absolute Gasteiger partial charge is 0.0780 e. The number of hydrogen-bond donors (Lipinski definition) is 0. The molecule has 0 bridgehead atoms. The summed E-state index contributed by atoms with van der Waals surface area (Å²) in [7, 11) is 48.2. The second kappa shape index (κ2) is 137. The Balaban J connectivity index is -0.000000142. The van der Waals surface area contributed by atoms with Crippen molar-refractivity contribution in [2.24, 2.45) is 0 Å². The average molecular weight is 2170 g/mol. The first-order valence-corrected chi connectivity index (χ1v) is 65.6. The van der Waals surface area contributed by atoms with Crippen LogP contribution in [-0.4, -0.2) is 225 Å². The van der Waals surface area contributed by atoms with Crippen LogP contribution >= 0.6 is 62.0 Å². The summed E-state index contributed by atoms with van der Waals surface area (Å²) in [5.74, 6) is 0. The highest BCUT2D eigenvalue weighted by molar-refractivity contribution is 5.86. The summed E-state index contributed by atoms with van der Waals surface area (Å²) >= 11 is 0. The Labute approximate surface area is 958 Å². The van der Waals surface area contributed by atoms with Crippen molar-refractivity contribution >= 4 is 62.0 Å². The van der Waals surface area contributed by atoms with E-state index < -0.39 is 0 Å². The predicted molar refractivity (Wildman–Crippen MR) is 689 cm³/mol. The second-order valence-electron chi connectivity index (χ2n) is 53.3. The number of unbranched alkanes of at least 4 members (excludes halogenated alkanes) is 91. The summed E-state index contributed by atoms with van der Waals surface area (Å²) < 4.78 is 7.86. The van der Waals surface area contributed by atoms with E-state index in [-0.39, 0.29) is 62.0 Å². The summed E-state index contributed by atoms with van der Waals surface area (Å²) in [6, 6.07) is 0. The second-order valence-corrected chi connectivity index (χ2v) is 53.3. The first-order valence-electron chi connectivity index (χ1n) is 65.6. The Bertz CT molecular complexity index is 1710. The molecule has 12 heteroatoms. The summed E-state index contributed by atoms with van der Waals surface area (Å²) in [4.78, 5) is 0. The van der Waals surface area contributed by atoms with Crippen LogP contribution in [0.25, 0.3) is 0 Å². The Morgan fingerprint density at radius 2 is 0.110 bits per heavy atom. The maximum absolute atomic E-state index is 2.29. The lowest BCUT2D eigenvalue weighted by Crippen LogP contribution is -2.35. The van der Waals surface area contributed by atoms with Gasteiger partial charge in [-0.15, -0.1) is 62.0 Å². The largest absolute Gasteiger partial charge is 0.331 e.